The molecule has 0 atom stereocenters. The zero-order valence-corrected chi connectivity index (χ0v) is 11.0. The number of alkyl halides is 1. The first-order valence-corrected chi connectivity index (χ1v) is 6.13. The molecule has 1 N–H and O–H groups in total. The molecule has 0 fully saturated rings. The Kier molecular flexibility index (Phi) is 5.64. The Bertz CT molecular complexity index is 339. The van der Waals surface area contributed by atoms with Gasteiger partial charge in [0.15, 0.2) is 0 Å². The van der Waals surface area contributed by atoms with Gasteiger partial charge in [-0.15, -0.1) is 11.6 Å². The van der Waals surface area contributed by atoms with Gasteiger partial charge in [-0.3, -0.25) is 0 Å². The topological polar surface area (TPSA) is 21.3 Å². The average molecular weight is 242 g/mol. The Hall–Kier alpha value is -0.730. The van der Waals surface area contributed by atoms with Crippen LogP contribution in [0.25, 0.3) is 0 Å². The van der Waals surface area contributed by atoms with E-state index in [1.54, 1.807) is 7.11 Å². The summed E-state index contributed by atoms with van der Waals surface area (Å²) in [5.74, 6) is 1.63. The minimum absolute atomic E-state index is 0.667. The highest BCUT2D eigenvalue weighted by molar-refractivity contribution is 6.18. The van der Waals surface area contributed by atoms with Crippen LogP contribution in [0.15, 0.2) is 12.1 Å². The molecule has 0 saturated heterocycles. The molecule has 90 valence electrons. The summed E-state index contributed by atoms with van der Waals surface area (Å²) < 4.78 is 5.29. The summed E-state index contributed by atoms with van der Waals surface area (Å²) in [6.07, 6.45) is 1.04. The maximum absolute atomic E-state index is 5.60. The van der Waals surface area contributed by atoms with E-state index in [2.05, 4.69) is 31.3 Å². The third-order valence-corrected chi connectivity index (χ3v) is 2.88. The van der Waals surface area contributed by atoms with Crippen LogP contribution < -0.4 is 10.1 Å². The molecule has 1 aromatic carbocycles. The van der Waals surface area contributed by atoms with Crippen LogP contribution in [0.1, 0.15) is 16.7 Å². The van der Waals surface area contributed by atoms with Gasteiger partial charge in [-0.2, -0.15) is 0 Å². The van der Waals surface area contributed by atoms with Crippen LogP contribution in [0, 0.1) is 13.8 Å². The maximum atomic E-state index is 5.60. The fourth-order valence-electron chi connectivity index (χ4n) is 1.75. The number of hydrogen-bond donors (Lipinski definition) is 1. The first-order chi connectivity index (χ1) is 7.69. The molecule has 2 nitrogen and oxygen atoms in total. The first-order valence-electron chi connectivity index (χ1n) is 5.59. The zero-order chi connectivity index (χ0) is 12.0. The summed E-state index contributed by atoms with van der Waals surface area (Å²) in [6, 6.07) is 4.31. The van der Waals surface area contributed by atoms with Crippen molar-refractivity contribution in [2.75, 3.05) is 26.1 Å². The minimum Gasteiger partial charge on any atom is -0.496 e. The van der Waals surface area contributed by atoms with Gasteiger partial charge in [-0.1, -0.05) is 6.07 Å². The normalized spacial score (nSPS) is 10.5. The van der Waals surface area contributed by atoms with Gasteiger partial charge in [0.2, 0.25) is 0 Å². The molecule has 16 heavy (non-hydrogen) atoms. The van der Waals surface area contributed by atoms with Crippen LogP contribution in [-0.4, -0.2) is 26.1 Å². The number of aryl methyl sites for hydroxylation is 2. The predicted octanol–water partition coefficient (Wildman–Crippen LogP) is 2.68. The van der Waals surface area contributed by atoms with E-state index in [1.165, 1.54) is 16.7 Å². The molecule has 0 aliphatic rings. The van der Waals surface area contributed by atoms with Crippen molar-refractivity contribution >= 4 is 11.6 Å². The van der Waals surface area contributed by atoms with Gasteiger partial charge in [-0.05, 0) is 49.6 Å². The Balaban J connectivity index is 2.63. The molecule has 0 unspecified atom stereocenters. The van der Waals surface area contributed by atoms with E-state index in [9.17, 15) is 0 Å². The number of methoxy groups -OCH3 is 1. The highest BCUT2D eigenvalue weighted by atomic mass is 35.5. The lowest BCUT2D eigenvalue weighted by Crippen LogP contribution is -2.19. The minimum atomic E-state index is 0.667. The van der Waals surface area contributed by atoms with Gasteiger partial charge in [0, 0.05) is 12.4 Å². The molecular formula is C13H20ClNO. The molecular weight excluding hydrogens is 222 g/mol. The number of rotatable bonds is 6. The zero-order valence-electron chi connectivity index (χ0n) is 10.3. The van der Waals surface area contributed by atoms with Crippen LogP contribution in [0.3, 0.4) is 0 Å². The third kappa shape index (κ3) is 3.69. The number of ether oxygens (including phenoxy) is 1. The summed E-state index contributed by atoms with van der Waals surface area (Å²) in [7, 11) is 1.71. The van der Waals surface area contributed by atoms with Gasteiger partial charge >= 0.3 is 0 Å². The molecule has 0 radical (unpaired) electrons. The van der Waals surface area contributed by atoms with Crippen molar-refractivity contribution in [2.24, 2.45) is 0 Å². The number of nitrogens with one attached hydrogen (secondary N) is 1. The first kappa shape index (κ1) is 13.3. The molecule has 1 rings (SSSR count). The van der Waals surface area contributed by atoms with Gasteiger partial charge in [-0.25, -0.2) is 0 Å². The van der Waals surface area contributed by atoms with E-state index in [1.807, 2.05) is 0 Å². The van der Waals surface area contributed by atoms with Crippen molar-refractivity contribution in [1.29, 1.82) is 0 Å². The number of hydrogen-bond acceptors (Lipinski definition) is 2. The smallest absolute Gasteiger partial charge is 0.122 e. The lowest BCUT2D eigenvalue weighted by molar-refractivity contribution is 0.411. The Morgan fingerprint density at radius 3 is 2.56 bits per heavy atom. The summed E-state index contributed by atoms with van der Waals surface area (Å²) in [5.41, 5.74) is 3.86. The summed E-state index contributed by atoms with van der Waals surface area (Å²) >= 11 is 5.60. The summed E-state index contributed by atoms with van der Waals surface area (Å²) in [5, 5.41) is 3.30. The van der Waals surface area contributed by atoms with E-state index < -0.39 is 0 Å². The van der Waals surface area contributed by atoms with Gasteiger partial charge in [0.05, 0.1) is 7.11 Å². The fraction of sp³-hybridized carbons (Fsp3) is 0.538. The lowest BCUT2D eigenvalue weighted by atomic mass is 10.0. The molecule has 0 bridgehead atoms. The largest absolute Gasteiger partial charge is 0.496 e. The van der Waals surface area contributed by atoms with Crippen LogP contribution in [0.2, 0.25) is 0 Å². The van der Waals surface area contributed by atoms with Crippen molar-refractivity contribution in [3.05, 3.63) is 28.8 Å². The maximum Gasteiger partial charge on any atom is 0.122 e. The van der Waals surface area contributed by atoms with Gasteiger partial charge in [0.25, 0.3) is 0 Å². The second kappa shape index (κ2) is 6.77. The molecule has 0 aliphatic carbocycles. The van der Waals surface area contributed by atoms with Crippen molar-refractivity contribution in [3.63, 3.8) is 0 Å². The second-order valence-corrected chi connectivity index (χ2v) is 4.32. The number of halogens is 1. The predicted molar refractivity (Wildman–Crippen MR) is 69.8 cm³/mol. The standard InChI is InChI=1S/C13H20ClNO/c1-10-9-13(16-3)11(2)8-12(10)4-6-15-7-5-14/h8-9,15H,4-7H2,1-3H3. The average Bonchev–Trinajstić information content (AvgIpc) is 2.28. The van der Waals surface area contributed by atoms with Crippen LogP contribution in [0.5, 0.6) is 5.75 Å². The highest BCUT2D eigenvalue weighted by Crippen LogP contribution is 2.22. The monoisotopic (exact) mass is 241 g/mol. The molecule has 1 aromatic rings. The summed E-state index contributed by atoms with van der Waals surface area (Å²) in [4.78, 5) is 0. The molecule has 0 aliphatic heterocycles. The fourth-order valence-corrected chi connectivity index (χ4v) is 1.89. The Morgan fingerprint density at radius 1 is 1.19 bits per heavy atom. The van der Waals surface area contributed by atoms with Crippen molar-refractivity contribution in [2.45, 2.75) is 20.3 Å². The SMILES string of the molecule is COc1cc(C)c(CCNCCCl)cc1C. The molecule has 0 amide bonds. The molecule has 3 heteroatoms. The van der Waals surface area contributed by atoms with Crippen LogP contribution in [-0.2, 0) is 6.42 Å². The van der Waals surface area contributed by atoms with E-state index in [4.69, 9.17) is 16.3 Å². The van der Waals surface area contributed by atoms with Crippen LogP contribution in [0.4, 0.5) is 0 Å². The van der Waals surface area contributed by atoms with E-state index in [-0.39, 0.29) is 0 Å². The second-order valence-electron chi connectivity index (χ2n) is 3.94. The van der Waals surface area contributed by atoms with Crippen molar-refractivity contribution in [1.82, 2.24) is 5.32 Å². The van der Waals surface area contributed by atoms with E-state index in [0.717, 1.165) is 25.3 Å². The quantitative estimate of drug-likeness (QED) is 0.611. The van der Waals surface area contributed by atoms with Gasteiger partial charge in [0.1, 0.15) is 5.75 Å². The van der Waals surface area contributed by atoms with Gasteiger partial charge < -0.3 is 10.1 Å². The van der Waals surface area contributed by atoms with E-state index >= 15 is 0 Å². The highest BCUT2D eigenvalue weighted by Gasteiger charge is 2.04. The van der Waals surface area contributed by atoms with Crippen molar-refractivity contribution < 1.29 is 4.74 Å². The van der Waals surface area contributed by atoms with Crippen molar-refractivity contribution in [3.8, 4) is 5.75 Å². The summed E-state index contributed by atoms with van der Waals surface area (Å²) in [6.45, 7) is 6.04. The molecule has 0 heterocycles. The third-order valence-electron chi connectivity index (χ3n) is 2.70. The Labute approximate surface area is 103 Å². The molecule has 0 saturated carbocycles. The van der Waals surface area contributed by atoms with E-state index in [0.29, 0.717) is 5.88 Å². The molecule has 0 aromatic heterocycles. The number of benzene rings is 1. The molecule has 0 spiro atoms. The lowest BCUT2D eigenvalue weighted by Gasteiger charge is -2.11. The van der Waals surface area contributed by atoms with Crippen LogP contribution >= 0.6 is 11.6 Å². The Morgan fingerprint density at radius 2 is 1.94 bits per heavy atom.